The van der Waals surface area contributed by atoms with Crippen LogP contribution in [0.3, 0.4) is 0 Å². The number of nitrogens with zero attached hydrogens (tertiary/aromatic N) is 1. The molecule has 0 fully saturated rings. The number of nitrogens with one attached hydrogen (secondary N) is 1. The number of primary sulfonamides is 1. The summed E-state index contributed by atoms with van der Waals surface area (Å²) in [4.78, 5) is 4.06. The highest BCUT2D eigenvalue weighted by Gasteiger charge is 2.24. The third kappa shape index (κ3) is 4.77. The highest BCUT2D eigenvalue weighted by molar-refractivity contribution is 7.89. The van der Waals surface area contributed by atoms with E-state index < -0.39 is 10.0 Å². The van der Waals surface area contributed by atoms with Gasteiger partial charge in [-0.2, -0.15) is 0 Å². The van der Waals surface area contributed by atoms with Gasteiger partial charge in [-0.1, -0.05) is 13.8 Å². The molecule has 7 heteroatoms. The monoisotopic (exact) mass is 286 g/mol. The smallest absolute Gasteiger partial charge is 0.239 e. The Bertz CT molecular complexity index is 513. The van der Waals surface area contributed by atoms with E-state index in [1.807, 2.05) is 6.92 Å². The summed E-state index contributed by atoms with van der Waals surface area (Å²) < 4.78 is 22.3. The van der Waals surface area contributed by atoms with Crippen molar-refractivity contribution in [1.29, 1.82) is 0 Å². The van der Waals surface area contributed by atoms with E-state index >= 15 is 0 Å². The molecule has 5 N–H and O–H groups in total. The first-order valence-electron chi connectivity index (χ1n) is 6.13. The summed E-state index contributed by atoms with van der Waals surface area (Å²) in [6.07, 6.45) is 2.13. The second-order valence-electron chi connectivity index (χ2n) is 5.41. The van der Waals surface area contributed by atoms with Crippen LogP contribution in [-0.2, 0) is 10.0 Å². The predicted octanol–water partition coefficient (Wildman–Crippen LogP) is 0.904. The lowest BCUT2D eigenvalue weighted by Crippen LogP contribution is -2.43. The summed E-state index contributed by atoms with van der Waals surface area (Å²) in [5, 5.41) is 8.26. The molecule has 0 spiro atoms. The topological polar surface area (TPSA) is 111 Å². The van der Waals surface area contributed by atoms with Gasteiger partial charge in [-0.3, -0.25) is 0 Å². The summed E-state index contributed by atoms with van der Waals surface area (Å²) in [5.74, 6) is 1.07. The molecule has 0 saturated carbocycles. The molecule has 19 heavy (non-hydrogen) atoms. The van der Waals surface area contributed by atoms with Crippen LogP contribution in [0.5, 0.6) is 0 Å². The molecule has 0 aromatic carbocycles. The van der Waals surface area contributed by atoms with Crippen molar-refractivity contribution in [2.45, 2.75) is 37.6 Å². The zero-order valence-electron chi connectivity index (χ0n) is 11.6. The lowest BCUT2D eigenvalue weighted by atomic mass is 9.91. The molecule has 0 bridgehead atoms. The lowest BCUT2D eigenvalue weighted by Gasteiger charge is -2.31. The van der Waals surface area contributed by atoms with Crippen molar-refractivity contribution in [3.8, 4) is 0 Å². The zero-order chi connectivity index (χ0) is 14.7. The molecule has 0 saturated heterocycles. The molecule has 1 heterocycles. The van der Waals surface area contributed by atoms with Gasteiger partial charge < -0.3 is 11.1 Å². The molecule has 0 aliphatic heterocycles. The van der Waals surface area contributed by atoms with E-state index in [1.165, 1.54) is 12.3 Å². The van der Waals surface area contributed by atoms with Gasteiger partial charge in [0.1, 0.15) is 10.7 Å². The molecule has 0 amide bonds. The Labute approximate surface area is 114 Å². The van der Waals surface area contributed by atoms with Gasteiger partial charge in [0, 0.05) is 18.3 Å². The van der Waals surface area contributed by atoms with Gasteiger partial charge in [0.2, 0.25) is 10.0 Å². The maximum absolute atomic E-state index is 11.1. The fourth-order valence-electron chi connectivity index (χ4n) is 2.02. The van der Waals surface area contributed by atoms with Gasteiger partial charge in [-0.05, 0) is 31.4 Å². The molecule has 1 unspecified atom stereocenters. The molecule has 0 aliphatic carbocycles. The fraction of sp³-hybridized carbons (Fsp3) is 0.583. The molecule has 6 nitrogen and oxygen atoms in total. The lowest BCUT2D eigenvalue weighted by molar-refractivity contribution is 0.406. The van der Waals surface area contributed by atoms with Crippen LogP contribution in [0.25, 0.3) is 0 Å². The maximum atomic E-state index is 11.1. The maximum Gasteiger partial charge on any atom is 0.239 e. The van der Waals surface area contributed by atoms with Crippen molar-refractivity contribution in [2.75, 3.05) is 11.9 Å². The van der Waals surface area contributed by atoms with Crippen LogP contribution in [0.15, 0.2) is 23.2 Å². The van der Waals surface area contributed by atoms with Gasteiger partial charge in [0.15, 0.2) is 0 Å². The van der Waals surface area contributed by atoms with Crippen LogP contribution in [0.1, 0.15) is 27.2 Å². The van der Waals surface area contributed by atoms with Crippen LogP contribution >= 0.6 is 0 Å². The first-order chi connectivity index (χ1) is 8.66. The molecular weight excluding hydrogens is 264 g/mol. The van der Waals surface area contributed by atoms with E-state index in [-0.39, 0.29) is 10.4 Å². The van der Waals surface area contributed by atoms with Crippen molar-refractivity contribution < 1.29 is 8.42 Å². The first kappa shape index (κ1) is 15.9. The first-order valence-corrected chi connectivity index (χ1v) is 7.68. The summed E-state index contributed by atoms with van der Waals surface area (Å²) in [5.41, 5.74) is 5.52. The molecule has 1 rings (SSSR count). The minimum atomic E-state index is -3.70. The van der Waals surface area contributed by atoms with Gasteiger partial charge in [-0.25, -0.2) is 18.5 Å². The molecule has 0 radical (unpaired) electrons. The number of aromatic nitrogens is 1. The fourth-order valence-corrected chi connectivity index (χ4v) is 2.48. The van der Waals surface area contributed by atoms with Gasteiger partial charge in [0.05, 0.1) is 0 Å². The molecule has 108 valence electrons. The minimum Gasteiger partial charge on any atom is -0.364 e. The van der Waals surface area contributed by atoms with E-state index in [9.17, 15) is 8.42 Å². The van der Waals surface area contributed by atoms with Crippen molar-refractivity contribution >= 4 is 15.8 Å². The van der Waals surface area contributed by atoms with Gasteiger partial charge >= 0.3 is 0 Å². The van der Waals surface area contributed by atoms with Gasteiger partial charge in [-0.15, -0.1) is 0 Å². The van der Waals surface area contributed by atoms with E-state index in [4.69, 9.17) is 10.9 Å². The summed E-state index contributed by atoms with van der Waals surface area (Å²) in [7, 11) is -3.70. The molecule has 0 aliphatic rings. The number of hydrogen-bond donors (Lipinski definition) is 3. The van der Waals surface area contributed by atoms with E-state index in [1.54, 1.807) is 6.07 Å². The molecular formula is C12H22N4O2S. The average Bonchev–Trinajstić information content (AvgIpc) is 2.27. The van der Waals surface area contributed by atoms with Crippen LogP contribution in [0.4, 0.5) is 5.82 Å². The third-order valence-electron chi connectivity index (χ3n) is 2.80. The van der Waals surface area contributed by atoms with Crippen molar-refractivity contribution in [3.63, 3.8) is 0 Å². The van der Waals surface area contributed by atoms with Crippen LogP contribution in [0.2, 0.25) is 0 Å². The highest BCUT2D eigenvalue weighted by atomic mass is 32.2. The Balaban J connectivity index is 2.87. The van der Waals surface area contributed by atoms with E-state index in [0.717, 1.165) is 6.42 Å². The van der Waals surface area contributed by atoms with Crippen LogP contribution in [0, 0.1) is 5.92 Å². The SMILES string of the molecule is CC(C)CC(C)(CN)Nc1ccc(S(N)(=O)=O)cn1. The van der Waals surface area contributed by atoms with Crippen LogP contribution in [-0.4, -0.2) is 25.5 Å². The Hall–Kier alpha value is -1.18. The largest absolute Gasteiger partial charge is 0.364 e. The Morgan fingerprint density at radius 3 is 2.42 bits per heavy atom. The number of hydrogen-bond acceptors (Lipinski definition) is 5. The predicted molar refractivity (Wildman–Crippen MR) is 76.1 cm³/mol. The van der Waals surface area contributed by atoms with Crippen molar-refractivity contribution in [3.05, 3.63) is 18.3 Å². The highest BCUT2D eigenvalue weighted by Crippen LogP contribution is 2.21. The summed E-state index contributed by atoms with van der Waals surface area (Å²) >= 11 is 0. The molecule has 1 aromatic heterocycles. The summed E-state index contributed by atoms with van der Waals surface area (Å²) in [6.45, 7) is 6.71. The van der Waals surface area contributed by atoms with E-state index in [0.29, 0.717) is 18.3 Å². The van der Waals surface area contributed by atoms with Crippen molar-refractivity contribution in [1.82, 2.24) is 4.98 Å². The number of anilines is 1. The van der Waals surface area contributed by atoms with Gasteiger partial charge in [0.25, 0.3) is 0 Å². The van der Waals surface area contributed by atoms with Crippen molar-refractivity contribution in [2.24, 2.45) is 16.8 Å². The number of nitrogens with two attached hydrogens (primary N) is 2. The Kier molecular flexibility index (Phi) is 4.89. The molecule has 1 atom stereocenters. The second-order valence-corrected chi connectivity index (χ2v) is 6.97. The third-order valence-corrected chi connectivity index (χ3v) is 3.70. The second kappa shape index (κ2) is 5.85. The van der Waals surface area contributed by atoms with Crippen LogP contribution < -0.4 is 16.2 Å². The number of rotatable bonds is 6. The quantitative estimate of drug-likeness (QED) is 0.719. The van der Waals surface area contributed by atoms with E-state index in [2.05, 4.69) is 24.1 Å². The minimum absolute atomic E-state index is 0.00337. The average molecular weight is 286 g/mol. The summed E-state index contributed by atoms with van der Waals surface area (Å²) in [6, 6.07) is 3.02. The Morgan fingerprint density at radius 1 is 1.42 bits per heavy atom. The normalized spacial score (nSPS) is 15.3. The zero-order valence-corrected chi connectivity index (χ0v) is 12.4. The Morgan fingerprint density at radius 2 is 2.05 bits per heavy atom. The standard InChI is InChI=1S/C12H22N4O2S/c1-9(2)6-12(3,8-13)16-11-5-4-10(7-15-11)19(14,17)18/h4-5,7,9H,6,8,13H2,1-3H3,(H,15,16)(H2,14,17,18). The number of pyridine rings is 1. The number of sulfonamides is 1. The molecule has 1 aromatic rings.